The van der Waals surface area contributed by atoms with E-state index in [2.05, 4.69) is 208 Å². The summed E-state index contributed by atoms with van der Waals surface area (Å²) in [6, 6.07) is 63.7. The predicted octanol–water partition coefficient (Wildman–Crippen LogP) is 16.7. The van der Waals surface area contributed by atoms with Crippen molar-refractivity contribution in [1.29, 1.82) is 0 Å². The van der Waals surface area contributed by atoms with Crippen molar-refractivity contribution in [1.82, 2.24) is 15.0 Å². The van der Waals surface area contributed by atoms with E-state index in [1.165, 1.54) is 62.8 Å². The molecule has 4 heterocycles. The summed E-state index contributed by atoms with van der Waals surface area (Å²) in [5, 5.41) is 5.14. The third-order valence-corrected chi connectivity index (χ3v) is 16.9. The quantitative estimate of drug-likeness (QED) is 0.167. The maximum absolute atomic E-state index is 5.63. The summed E-state index contributed by atoms with van der Waals surface area (Å²) < 4.78 is 3.92. The summed E-state index contributed by atoms with van der Waals surface area (Å²) in [7, 11) is 0. The van der Waals surface area contributed by atoms with Gasteiger partial charge in [-0.1, -0.05) is 183 Å². The molecule has 0 bridgehead atoms. The number of rotatable bonds is 6. The summed E-state index contributed by atoms with van der Waals surface area (Å²) in [6.07, 6.45) is 11.1. The number of benzene rings is 7. The Hall–Kier alpha value is -7.31. The van der Waals surface area contributed by atoms with Gasteiger partial charge < -0.3 is 0 Å². The topological polar surface area (TPSA) is 38.7 Å². The first kappa shape index (κ1) is 39.1. The SMILES string of the molecule is CC1(c2ccc(-c3cc(-c4ccc(-c5ccc6c(c5)nc(C5(C)CC=Cc7ccccc75)c5sc7ccccc7c56)cc4)nc(-c4ccccc4)n3)cc2)CC=Cc2c1sc1ccccc21. The first-order chi connectivity index (χ1) is 32.4. The zero-order chi connectivity index (χ0) is 44.0. The number of thiophene rings is 2. The molecule has 0 spiro atoms. The largest absolute Gasteiger partial charge is 0.250 e. The van der Waals surface area contributed by atoms with E-state index in [0.29, 0.717) is 5.82 Å². The number of pyridine rings is 1. The van der Waals surface area contributed by atoms with Gasteiger partial charge in [0.25, 0.3) is 0 Å². The molecule has 2 aliphatic rings. The van der Waals surface area contributed by atoms with Crippen molar-refractivity contribution < 1.29 is 0 Å². The molecule has 314 valence electrons. The fourth-order valence-corrected chi connectivity index (χ4v) is 13.3. The molecule has 66 heavy (non-hydrogen) atoms. The van der Waals surface area contributed by atoms with Gasteiger partial charge in [-0.25, -0.2) is 9.97 Å². The maximum Gasteiger partial charge on any atom is 0.160 e. The summed E-state index contributed by atoms with van der Waals surface area (Å²) in [5.41, 5.74) is 14.3. The van der Waals surface area contributed by atoms with E-state index in [1.54, 1.807) is 0 Å². The Morgan fingerprint density at radius 2 is 1.09 bits per heavy atom. The first-order valence-electron chi connectivity index (χ1n) is 22.8. The Morgan fingerprint density at radius 3 is 1.88 bits per heavy atom. The third-order valence-electron chi connectivity index (χ3n) is 14.2. The van der Waals surface area contributed by atoms with Crippen molar-refractivity contribution in [2.45, 2.75) is 37.5 Å². The van der Waals surface area contributed by atoms with Gasteiger partial charge in [-0.2, -0.15) is 0 Å². The van der Waals surface area contributed by atoms with Crippen LogP contribution >= 0.6 is 22.7 Å². The molecule has 13 rings (SSSR count). The lowest BCUT2D eigenvalue weighted by molar-refractivity contribution is 0.564. The van der Waals surface area contributed by atoms with E-state index in [0.717, 1.165) is 63.3 Å². The van der Waals surface area contributed by atoms with Crippen LogP contribution in [0.25, 0.3) is 98.3 Å². The van der Waals surface area contributed by atoms with Crippen LogP contribution in [0.2, 0.25) is 0 Å². The average molecular weight is 882 g/mol. The minimum atomic E-state index is -0.262. The minimum absolute atomic E-state index is 0.106. The van der Waals surface area contributed by atoms with Crippen LogP contribution in [0.5, 0.6) is 0 Å². The van der Waals surface area contributed by atoms with Gasteiger partial charge in [0.05, 0.1) is 27.3 Å². The second kappa shape index (κ2) is 15.1. The van der Waals surface area contributed by atoms with E-state index in [1.807, 2.05) is 28.7 Å². The number of hydrogen-bond acceptors (Lipinski definition) is 5. The van der Waals surface area contributed by atoms with Crippen LogP contribution in [-0.4, -0.2) is 15.0 Å². The number of aromatic nitrogens is 3. The Labute approximate surface area is 392 Å². The highest BCUT2D eigenvalue weighted by molar-refractivity contribution is 7.26. The van der Waals surface area contributed by atoms with Gasteiger partial charge in [0.1, 0.15) is 0 Å². The molecular weight excluding hydrogens is 839 g/mol. The Bertz CT molecular complexity index is 3780. The maximum atomic E-state index is 5.63. The van der Waals surface area contributed by atoms with E-state index < -0.39 is 0 Å². The predicted molar refractivity (Wildman–Crippen MR) is 280 cm³/mol. The molecular formula is C61H43N3S2. The molecule has 0 saturated heterocycles. The molecule has 0 aliphatic heterocycles. The molecule has 4 aromatic heterocycles. The molecule has 2 aliphatic carbocycles. The van der Waals surface area contributed by atoms with Crippen LogP contribution in [0.1, 0.15) is 59.5 Å². The Balaban J connectivity index is 0.878. The van der Waals surface area contributed by atoms with Crippen LogP contribution in [0.3, 0.4) is 0 Å². The molecule has 0 radical (unpaired) electrons. The highest BCUT2D eigenvalue weighted by Gasteiger charge is 2.37. The molecule has 0 fully saturated rings. The van der Waals surface area contributed by atoms with Crippen LogP contribution in [0.15, 0.2) is 188 Å². The summed E-state index contributed by atoms with van der Waals surface area (Å²) in [5.74, 6) is 0.712. The zero-order valence-electron chi connectivity index (χ0n) is 36.6. The molecule has 0 N–H and O–H groups in total. The van der Waals surface area contributed by atoms with Gasteiger partial charge in [-0.3, -0.25) is 4.98 Å². The monoisotopic (exact) mass is 881 g/mol. The second-order valence-corrected chi connectivity index (χ2v) is 20.4. The van der Waals surface area contributed by atoms with Crippen molar-refractivity contribution in [3.05, 3.63) is 221 Å². The standard InChI is InChI=1S/C61H43N3S2/c1-60(34-13-20-46-45-18-7-10-22-53(45)66-58(46)60)44-31-28-41(29-32-44)51-37-50(63-59(64-51)42-15-4-3-5-16-42)40-26-24-38(25-27-40)43-30-33-47-52(36-43)62-57(56-55(47)48-19-8-11-23-54(48)65-56)61(2)35-12-17-39-14-6-9-21-49(39)61/h3-33,36-37H,34-35H2,1-2H3. The lowest BCUT2D eigenvalue weighted by atomic mass is 9.71. The van der Waals surface area contributed by atoms with Crippen LogP contribution in [-0.2, 0) is 10.8 Å². The van der Waals surface area contributed by atoms with Crippen molar-refractivity contribution in [2.24, 2.45) is 0 Å². The molecule has 0 amide bonds. The fraction of sp³-hybridized carbons (Fsp3) is 0.0984. The molecule has 2 unspecified atom stereocenters. The normalized spacial score (nSPS) is 17.7. The van der Waals surface area contributed by atoms with Crippen molar-refractivity contribution in [2.75, 3.05) is 0 Å². The number of nitrogens with zero attached hydrogens (tertiary/aromatic N) is 3. The third kappa shape index (κ3) is 6.18. The Kier molecular flexibility index (Phi) is 8.96. The van der Waals surface area contributed by atoms with Gasteiger partial charge >= 0.3 is 0 Å². The molecule has 0 saturated carbocycles. The van der Waals surface area contributed by atoms with Crippen LogP contribution < -0.4 is 0 Å². The number of fused-ring (bicyclic) bond motifs is 9. The van der Waals surface area contributed by atoms with Gasteiger partial charge in [0, 0.05) is 58.0 Å². The Morgan fingerprint density at radius 1 is 0.470 bits per heavy atom. The fourth-order valence-electron chi connectivity index (χ4n) is 10.6. The van der Waals surface area contributed by atoms with E-state index >= 15 is 0 Å². The summed E-state index contributed by atoms with van der Waals surface area (Å²) >= 11 is 3.80. The lowest BCUT2D eigenvalue weighted by Crippen LogP contribution is -2.27. The second-order valence-electron chi connectivity index (χ2n) is 18.3. The van der Waals surface area contributed by atoms with E-state index in [9.17, 15) is 0 Å². The van der Waals surface area contributed by atoms with Crippen LogP contribution in [0.4, 0.5) is 0 Å². The minimum Gasteiger partial charge on any atom is -0.250 e. The van der Waals surface area contributed by atoms with Crippen molar-refractivity contribution >= 4 is 76.0 Å². The first-order valence-corrected chi connectivity index (χ1v) is 24.4. The highest BCUT2D eigenvalue weighted by Crippen LogP contribution is 2.50. The van der Waals surface area contributed by atoms with Gasteiger partial charge in [-0.15, -0.1) is 22.7 Å². The van der Waals surface area contributed by atoms with Gasteiger partial charge in [0.15, 0.2) is 5.82 Å². The van der Waals surface area contributed by atoms with Gasteiger partial charge in [0.2, 0.25) is 0 Å². The number of hydrogen-bond donors (Lipinski definition) is 0. The smallest absolute Gasteiger partial charge is 0.160 e. The van der Waals surface area contributed by atoms with E-state index in [-0.39, 0.29) is 10.8 Å². The molecule has 2 atom stereocenters. The van der Waals surface area contributed by atoms with Crippen LogP contribution in [0, 0.1) is 0 Å². The average Bonchev–Trinajstić information content (AvgIpc) is 3.97. The molecule has 11 aromatic rings. The van der Waals surface area contributed by atoms with Crippen molar-refractivity contribution in [3.8, 4) is 45.0 Å². The molecule has 5 heteroatoms. The van der Waals surface area contributed by atoms with Crippen molar-refractivity contribution in [3.63, 3.8) is 0 Å². The number of allylic oxidation sites excluding steroid dienone is 2. The summed E-state index contributed by atoms with van der Waals surface area (Å²) in [6.45, 7) is 4.77. The lowest BCUT2D eigenvalue weighted by Gasteiger charge is -2.33. The highest BCUT2D eigenvalue weighted by atomic mass is 32.1. The molecule has 7 aromatic carbocycles. The zero-order valence-corrected chi connectivity index (χ0v) is 38.3. The van der Waals surface area contributed by atoms with E-state index in [4.69, 9.17) is 15.0 Å². The van der Waals surface area contributed by atoms with Gasteiger partial charge in [-0.05, 0) is 82.8 Å². The summed E-state index contributed by atoms with van der Waals surface area (Å²) in [4.78, 5) is 17.4. The molecule has 3 nitrogen and oxygen atoms in total.